The Labute approximate surface area is 159 Å². The van der Waals surface area contributed by atoms with E-state index in [-0.39, 0.29) is 25.0 Å². The Morgan fingerprint density at radius 1 is 1.35 bits per heavy atom. The average molecular weight is 417 g/mol. The minimum Gasteiger partial charge on any atom is -0.489 e. The molecule has 0 saturated carbocycles. The van der Waals surface area contributed by atoms with Crippen LogP contribution in [0, 0.1) is 0 Å². The van der Waals surface area contributed by atoms with Gasteiger partial charge in [-0.2, -0.15) is 0 Å². The van der Waals surface area contributed by atoms with Crippen LogP contribution in [0.2, 0.25) is 0 Å². The molecule has 0 unspecified atom stereocenters. The summed E-state index contributed by atoms with van der Waals surface area (Å²) in [7, 11) is 0. The zero-order valence-electron chi connectivity index (χ0n) is 13.9. The number of benzene rings is 2. The maximum atomic E-state index is 12.4. The van der Waals surface area contributed by atoms with Crippen molar-refractivity contribution in [3.63, 3.8) is 0 Å². The molecular weight excluding hydrogens is 400 g/mol. The molecular formula is C19H17BrN2O4. The van der Waals surface area contributed by atoms with Gasteiger partial charge >= 0.3 is 0 Å². The van der Waals surface area contributed by atoms with Crippen molar-refractivity contribution in [1.82, 2.24) is 0 Å². The molecule has 0 spiro atoms. The predicted octanol–water partition coefficient (Wildman–Crippen LogP) is 3.38. The van der Waals surface area contributed by atoms with E-state index in [9.17, 15) is 9.59 Å². The van der Waals surface area contributed by atoms with Gasteiger partial charge in [-0.1, -0.05) is 34.7 Å². The number of anilines is 2. The van der Waals surface area contributed by atoms with E-state index >= 15 is 0 Å². The standard InChI is InChI=1S/C19H17BrN2O4/c1-2-8-25-15-5-3-4-14(10-15)21-18(23)11-22-16-7-6-13(20)9-17(16)26-12-19(22)24/h2-7,9-10H,1,8,11-12H2,(H,21,23). The number of hydrogen-bond donors (Lipinski definition) is 1. The van der Waals surface area contributed by atoms with Crippen LogP contribution in [0.1, 0.15) is 0 Å². The van der Waals surface area contributed by atoms with E-state index in [1.807, 2.05) is 0 Å². The van der Waals surface area contributed by atoms with Gasteiger partial charge in [-0.05, 0) is 30.3 Å². The van der Waals surface area contributed by atoms with Crippen molar-refractivity contribution in [2.24, 2.45) is 0 Å². The third-order valence-electron chi connectivity index (χ3n) is 3.65. The highest BCUT2D eigenvalue weighted by Crippen LogP contribution is 2.34. The molecule has 0 bridgehead atoms. The Hall–Kier alpha value is -2.80. The lowest BCUT2D eigenvalue weighted by molar-refractivity contribution is -0.123. The topological polar surface area (TPSA) is 67.9 Å². The van der Waals surface area contributed by atoms with Crippen LogP contribution < -0.4 is 19.7 Å². The second-order valence-corrected chi connectivity index (χ2v) is 6.47. The molecule has 0 fully saturated rings. The molecule has 7 heteroatoms. The van der Waals surface area contributed by atoms with Gasteiger partial charge in [0.05, 0.1) is 5.69 Å². The van der Waals surface area contributed by atoms with Crippen molar-refractivity contribution in [3.05, 3.63) is 59.6 Å². The number of carbonyl (C=O) groups excluding carboxylic acids is 2. The Bertz CT molecular complexity index is 853. The fraction of sp³-hybridized carbons (Fsp3) is 0.158. The van der Waals surface area contributed by atoms with E-state index in [0.717, 1.165) is 4.47 Å². The van der Waals surface area contributed by atoms with Crippen molar-refractivity contribution in [2.45, 2.75) is 0 Å². The van der Waals surface area contributed by atoms with Crippen LogP contribution in [-0.4, -0.2) is 31.6 Å². The van der Waals surface area contributed by atoms with Gasteiger partial charge in [0, 0.05) is 16.2 Å². The zero-order chi connectivity index (χ0) is 18.5. The quantitative estimate of drug-likeness (QED) is 0.732. The fourth-order valence-electron chi connectivity index (χ4n) is 2.51. The van der Waals surface area contributed by atoms with Crippen LogP contribution in [0.3, 0.4) is 0 Å². The summed E-state index contributed by atoms with van der Waals surface area (Å²) in [5, 5.41) is 2.78. The largest absolute Gasteiger partial charge is 0.489 e. The first kappa shape index (κ1) is 18.0. The van der Waals surface area contributed by atoms with Crippen molar-refractivity contribution in [2.75, 3.05) is 30.0 Å². The minimum atomic E-state index is -0.310. The van der Waals surface area contributed by atoms with Crippen molar-refractivity contribution < 1.29 is 19.1 Å². The summed E-state index contributed by atoms with van der Waals surface area (Å²) in [4.78, 5) is 26.0. The van der Waals surface area contributed by atoms with Gasteiger partial charge in [0.1, 0.15) is 24.7 Å². The summed E-state index contributed by atoms with van der Waals surface area (Å²) >= 11 is 3.36. The van der Waals surface area contributed by atoms with Gasteiger partial charge in [0.15, 0.2) is 6.61 Å². The van der Waals surface area contributed by atoms with Gasteiger partial charge < -0.3 is 14.8 Å². The number of fused-ring (bicyclic) bond motifs is 1. The second-order valence-electron chi connectivity index (χ2n) is 5.56. The molecule has 2 aromatic rings. The Balaban J connectivity index is 1.70. The monoisotopic (exact) mass is 416 g/mol. The zero-order valence-corrected chi connectivity index (χ0v) is 15.5. The molecule has 0 aromatic heterocycles. The molecule has 0 atom stereocenters. The lowest BCUT2D eigenvalue weighted by Crippen LogP contribution is -2.43. The number of nitrogens with zero attached hydrogens (tertiary/aromatic N) is 1. The van der Waals surface area contributed by atoms with Crippen LogP contribution in [0.5, 0.6) is 11.5 Å². The van der Waals surface area contributed by atoms with Gasteiger partial charge in [-0.25, -0.2) is 0 Å². The molecule has 2 amide bonds. The summed E-state index contributed by atoms with van der Waals surface area (Å²) in [6.07, 6.45) is 1.64. The molecule has 2 aromatic carbocycles. The molecule has 0 saturated heterocycles. The number of rotatable bonds is 6. The third-order valence-corrected chi connectivity index (χ3v) is 4.15. The minimum absolute atomic E-state index is 0.0956. The number of hydrogen-bond acceptors (Lipinski definition) is 4. The smallest absolute Gasteiger partial charge is 0.265 e. The normalized spacial score (nSPS) is 12.8. The molecule has 1 N–H and O–H groups in total. The van der Waals surface area contributed by atoms with Gasteiger partial charge in [0.25, 0.3) is 5.91 Å². The summed E-state index contributed by atoms with van der Waals surface area (Å²) in [5.41, 5.74) is 1.16. The van der Waals surface area contributed by atoms with Crippen LogP contribution in [0.4, 0.5) is 11.4 Å². The lowest BCUT2D eigenvalue weighted by Gasteiger charge is -2.29. The number of amides is 2. The van der Waals surface area contributed by atoms with Crippen LogP contribution in [-0.2, 0) is 9.59 Å². The first-order valence-corrected chi connectivity index (χ1v) is 8.72. The highest BCUT2D eigenvalue weighted by molar-refractivity contribution is 9.10. The van der Waals surface area contributed by atoms with E-state index in [2.05, 4.69) is 27.8 Å². The number of carbonyl (C=O) groups is 2. The van der Waals surface area contributed by atoms with Crippen molar-refractivity contribution >= 4 is 39.1 Å². The van der Waals surface area contributed by atoms with E-state index in [0.29, 0.717) is 29.5 Å². The van der Waals surface area contributed by atoms with Gasteiger partial charge in [-0.15, -0.1) is 0 Å². The molecule has 6 nitrogen and oxygen atoms in total. The molecule has 1 aliphatic heterocycles. The predicted molar refractivity (Wildman–Crippen MR) is 103 cm³/mol. The number of ether oxygens (including phenoxy) is 2. The SMILES string of the molecule is C=CCOc1cccc(NC(=O)CN2C(=O)COc3cc(Br)ccc32)c1. The molecule has 0 radical (unpaired) electrons. The highest BCUT2D eigenvalue weighted by Gasteiger charge is 2.27. The fourth-order valence-corrected chi connectivity index (χ4v) is 2.85. The Kier molecular flexibility index (Phi) is 5.58. The molecule has 134 valence electrons. The van der Waals surface area contributed by atoms with E-state index in [4.69, 9.17) is 9.47 Å². The molecule has 1 aliphatic rings. The summed E-state index contributed by atoms with van der Waals surface area (Å²) in [5.74, 6) is 0.611. The average Bonchev–Trinajstić information content (AvgIpc) is 2.62. The summed E-state index contributed by atoms with van der Waals surface area (Å²) in [6.45, 7) is 3.78. The van der Waals surface area contributed by atoms with E-state index in [1.165, 1.54) is 4.90 Å². The van der Waals surface area contributed by atoms with Crippen LogP contribution >= 0.6 is 15.9 Å². The molecule has 1 heterocycles. The van der Waals surface area contributed by atoms with E-state index < -0.39 is 0 Å². The summed E-state index contributed by atoms with van der Waals surface area (Å²) < 4.78 is 11.7. The van der Waals surface area contributed by atoms with Gasteiger partial charge in [0.2, 0.25) is 5.91 Å². The maximum Gasteiger partial charge on any atom is 0.265 e. The highest BCUT2D eigenvalue weighted by atomic mass is 79.9. The first-order valence-electron chi connectivity index (χ1n) is 7.93. The second kappa shape index (κ2) is 8.05. The van der Waals surface area contributed by atoms with Gasteiger partial charge in [-0.3, -0.25) is 14.5 Å². The van der Waals surface area contributed by atoms with Crippen molar-refractivity contribution in [3.8, 4) is 11.5 Å². The Morgan fingerprint density at radius 2 is 2.19 bits per heavy atom. The number of nitrogens with one attached hydrogen (secondary N) is 1. The third kappa shape index (κ3) is 4.23. The maximum absolute atomic E-state index is 12.4. The lowest BCUT2D eigenvalue weighted by atomic mass is 10.2. The first-order chi connectivity index (χ1) is 12.6. The molecule has 3 rings (SSSR count). The van der Waals surface area contributed by atoms with Crippen molar-refractivity contribution in [1.29, 1.82) is 0 Å². The van der Waals surface area contributed by atoms with Crippen LogP contribution in [0.15, 0.2) is 59.6 Å². The Morgan fingerprint density at radius 3 is 3.00 bits per heavy atom. The number of halogens is 1. The van der Waals surface area contributed by atoms with E-state index in [1.54, 1.807) is 48.5 Å². The molecule has 0 aliphatic carbocycles. The molecule has 26 heavy (non-hydrogen) atoms. The van der Waals surface area contributed by atoms with Crippen LogP contribution in [0.25, 0.3) is 0 Å². The summed E-state index contributed by atoms with van der Waals surface area (Å²) in [6, 6.07) is 12.4.